The highest BCUT2D eigenvalue weighted by Crippen LogP contribution is 2.20. The number of nitrogens with one attached hydrogen (secondary N) is 2. The first-order valence-electron chi connectivity index (χ1n) is 10.9. The minimum atomic E-state index is 0. The van der Waals surface area contributed by atoms with Gasteiger partial charge in [-0.05, 0) is 31.7 Å². The van der Waals surface area contributed by atoms with E-state index in [4.69, 9.17) is 0 Å². The number of hydrogen-bond donors (Lipinski definition) is 2. The molecule has 4 rings (SSSR count). The molecule has 2 N–H and O–H groups in total. The highest BCUT2D eigenvalue weighted by Gasteiger charge is 2.29. The molecule has 1 aromatic heterocycles. The lowest BCUT2D eigenvalue weighted by atomic mass is 10.2. The summed E-state index contributed by atoms with van der Waals surface area (Å²) in [4.78, 5) is 6.97. The van der Waals surface area contributed by atoms with Crippen LogP contribution in [0, 0.1) is 0 Å². The summed E-state index contributed by atoms with van der Waals surface area (Å²) < 4.78 is 2.28. The third-order valence-corrected chi connectivity index (χ3v) is 6.10. The first-order valence-corrected chi connectivity index (χ1v) is 10.9. The van der Waals surface area contributed by atoms with Crippen molar-refractivity contribution in [3.8, 4) is 0 Å². The molecule has 164 valence electrons. The van der Waals surface area contributed by atoms with E-state index in [0.29, 0.717) is 18.6 Å². The number of likely N-dealkylation sites (tertiary alicyclic amines) is 1. The fourth-order valence-corrected chi connectivity index (χ4v) is 4.47. The fraction of sp³-hybridized carbons (Fsp3) is 0.591. The van der Waals surface area contributed by atoms with Crippen LogP contribution < -0.4 is 10.6 Å². The lowest BCUT2D eigenvalue weighted by Crippen LogP contribution is -2.44. The molecule has 0 amide bonds. The fourth-order valence-electron chi connectivity index (χ4n) is 4.47. The Bertz CT molecular complexity index is 820. The minimum absolute atomic E-state index is 0. The molecule has 30 heavy (non-hydrogen) atoms. The maximum absolute atomic E-state index is 4.43. The Kier molecular flexibility index (Phi) is 8.50. The maximum Gasteiger partial charge on any atom is 0.191 e. The van der Waals surface area contributed by atoms with Gasteiger partial charge in [0.25, 0.3) is 0 Å². The molecule has 0 saturated carbocycles. The molecule has 7 nitrogen and oxygen atoms in total. The summed E-state index contributed by atoms with van der Waals surface area (Å²) >= 11 is 0. The number of halogens is 1. The number of aliphatic imine (C=N–C) groups is 1. The second-order valence-electron chi connectivity index (χ2n) is 8.26. The van der Waals surface area contributed by atoms with Gasteiger partial charge in [0.15, 0.2) is 11.8 Å². The van der Waals surface area contributed by atoms with E-state index in [1.165, 1.54) is 24.8 Å². The molecule has 0 aliphatic carbocycles. The first kappa shape index (κ1) is 23.0. The number of aromatic nitrogens is 3. The molecule has 2 aliphatic rings. The van der Waals surface area contributed by atoms with Crippen molar-refractivity contribution in [3.63, 3.8) is 0 Å². The van der Waals surface area contributed by atoms with E-state index in [1.807, 2.05) is 7.05 Å². The predicted molar refractivity (Wildman–Crippen MR) is 131 cm³/mol. The van der Waals surface area contributed by atoms with Crippen molar-refractivity contribution in [3.05, 3.63) is 47.5 Å². The van der Waals surface area contributed by atoms with Gasteiger partial charge >= 0.3 is 0 Å². The molecule has 2 aromatic rings. The molecule has 0 radical (unpaired) electrons. The molecule has 2 atom stereocenters. The van der Waals surface area contributed by atoms with Crippen molar-refractivity contribution < 1.29 is 0 Å². The third kappa shape index (κ3) is 5.72. The molecular formula is C22H34IN7. The van der Waals surface area contributed by atoms with Crippen molar-refractivity contribution in [2.24, 2.45) is 4.99 Å². The Balaban J connectivity index is 0.00000256. The number of nitrogens with zero attached hydrogens (tertiary/aromatic N) is 5. The van der Waals surface area contributed by atoms with Crippen molar-refractivity contribution >= 4 is 29.9 Å². The summed E-state index contributed by atoms with van der Waals surface area (Å²) in [5.41, 5.74) is 1.37. The van der Waals surface area contributed by atoms with Crippen LogP contribution in [0.2, 0.25) is 0 Å². The zero-order valence-corrected chi connectivity index (χ0v) is 20.4. The molecular weight excluding hydrogens is 489 g/mol. The van der Waals surface area contributed by atoms with Crippen LogP contribution in [0.3, 0.4) is 0 Å². The number of rotatable bonds is 5. The van der Waals surface area contributed by atoms with Crippen LogP contribution in [0.1, 0.15) is 49.8 Å². The topological polar surface area (TPSA) is 70.4 Å². The summed E-state index contributed by atoms with van der Waals surface area (Å²) in [5, 5.41) is 15.8. The predicted octanol–water partition coefficient (Wildman–Crippen LogP) is 2.95. The first-order chi connectivity index (χ1) is 14.2. The number of aryl methyl sites for hydroxylation is 1. The second kappa shape index (κ2) is 11.1. The highest BCUT2D eigenvalue weighted by atomic mass is 127. The van der Waals surface area contributed by atoms with Gasteiger partial charge < -0.3 is 15.2 Å². The molecule has 3 heterocycles. The van der Waals surface area contributed by atoms with Crippen LogP contribution in [0.5, 0.6) is 0 Å². The summed E-state index contributed by atoms with van der Waals surface area (Å²) in [6.07, 6.45) is 5.86. The smallest absolute Gasteiger partial charge is 0.191 e. The summed E-state index contributed by atoms with van der Waals surface area (Å²) in [7, 11) is 1.83. The number of benzene rings is 1. The SMILES string of the molecule is CN=C(NCc1nnc2n1CCCCC2)NC1CC(C)N(Cc2ccccc2)C1.I. The highest BCUT2D eigenvalue weighted by molar-refractivity contribution is 14.0. The third-order valence-electron chi connectivity index (χ3n) is 6.10. The van der Waals surface area contributed by atoms with Gasteiger partial charge in [-0.25, -0.2) is 0 Å². The largest absolute Gasteiger partial charge is 0.352 e. The Morgan fingerprint density at radius 1 is 1.17 bits per heavy atom. The van der Waals surface area contributed by atoms with E-state index >= 15 is 0 Å². The van der Waals surface area contributed by atoms with E-state index in [9.17, 15) is 0 Å². The van der Waals surface area contributed by atoms with Crippen molar-refractivity contribution in [2.45, 2.75) is 70.7 Å². The molecule has 0 spiro atoms. The van der Waals surface area contributed by atoms with Gasteiger partial charge in [0.1, 0.15) is 5.82 Å². The molecule has 2 aliphatic heterocycles. The van der Waals surface area contributed by atoms with Crippen LogP contribution in [0.15, 0.2) is 35.3 Å². The van der Waals surface area contributed by atoms with Crippen molar-refractivity contribution in [2.75, 3.05) is 13.6 Å². The Morgan fingerprint density at radius 2 is 2.00 bits per heavy atom. The van der Waals surface area contributed by atoms with E-state index < -0.39 is 0 Å². The van der Waals surface area contributed by atoms with E-state index in [0.717, 1.165) is 50.1 Å². The quantitative estimate of drug-likeness (QED) is 0.359. The molecule has 2 unspecified atom stereocenters. The van der Waals surface area contributed by atoms with Crippen LogP contribution in [0.25, 0.3) is 0 Å². The van der Waals surface area contributed by atoms with Gasteiger partial charge in [0.05, 0.1) is 6.54 Å². The van der Waals surface area contributed by atoms with Crippen LogP contribution >= 0.6 is 24.0 Å². The summed E-state index contributed by atoms with van der Waals surface area (Å²) in [6, 6.07) is 11.7. The van der Waals surface area contributed by atoms with Gasteiger partial charge in [-0.15, -0.1) is 34.2 Å². The average Bonchev–Trinajstić information content (AvgIpc) is 3.18. The summed E-state index contributed by atoms with van der Waals surface area (Å²) in [6.45, 7) is 6.02. The molecule has 1 saturated heterocycles. The van der Waals surface area contributed by atoms with Gasteiger partial charge in [-0.3, -0.25) is 9.89 Å². The van der Waals surface area contributed by atoms with Gasteiger partial charge in [0, 0.05) is 45.2 Å². The summed E-state index contributed by atoms with van der Waals surface area (Å²) in [5.74, 6) is 2.98. The van der Waals surface area contributed by atoms with E-state index in [2.05, 4.69) is 72.5 Å². The number of fused-ring (bicyclic) bond motifs is 1. The maximum atomic E-state index is 4.43. The number of guanidine groups is 1. The van der Waals surface area contributed by atoms with Crippen LogP contribution in [0.4, 0.5) is 0 Å². The lowest BCUT2D eigenvalue weighted by Gasteiger charge is -2.21. The lowest BCUT2D eigenvalue weighted by molar-refractivity contribution is 0.258. The second-order valence-corrected chi connectivity index (χ2v) is 8.26. The van der Waals surface area contributed by atoms with Gasteiger partial charge in [0.2, 0.25) is 0 Å². The molecule has 1 fully saturated rings. The van der Waals surface area contributed by atoms with Crippen LogP contribution in [-0.2, 0) is 26.1 Å². The van der Waals surface area contributed by atoms with Gasteiger partial charge in [-0.2, -0.15) is 0 Å². The minimum Gasteiger partial charge on any atom is -0.352 e. The molecule has 1 aromatic carbocycles. The Hall–Kier alpha value is -1.68. The van der Waals surface area contributed by atoms with Crippen molar-refractivity contribution in [1.29, 1.82) is 0 Å². The standard InChI is InChI=1S/C22H33N7.HI/c1-17-13-19(16-28(17)15-18-9-5-3-6-10-18)25-22(23-2)24-14-21-27-26-20-11-7-4-8-12-29(20)21;/h3,5-6,9-10,17,19H,4,7-8,11-16H2,1-2H3,(H2,23,24,25);1H. The van der Waals surface area contributed by atoms with E-state index in [1.54, 1.807) is 0 Å². The number of hydrogen-bond acceptors (Lipinski definition) is 4. The Morgan fingerprint density at radius 3 is 2.80 bits per heavy atom. The van der Waals surface area contributed by atoms with Crippen LogP contribution in [-0.4, -0.2) is 51.3 Å². The average molecular weight is 523 g/mol. The van der Waals surface area contributed by atoms with E-state index in [-0.39, 0.29) is 24.0 Å². The Labute approximate surface area is 196 Å². The normalized spacial score (nSPS) is 22.1. The molecule has 0 bridgehead atoms. The van der Waals surface area contributed by atoms with Gasteiger partial charge in [-0.1, -0.05) is 36.8 Å². The zero-order chi connectivity index (χ0) is 20.1. The molecule has 8 heteroatoms. The van der Waals surface area contributed by atoms with Crippen molar-refractivity contribution in [1.82, 2.24) is 30.3 Å². The zero-order valence-electron chi connectivity index (χ0n) is 18.0. The monoisotopic (exact) mass is 523 g/mol.